The number of carbonyl (C=O) groups is 1. The Kier molecular flexibility index (Phi) is 13.8. The van der Waals surface area contributed by atoms with Gasteiger partial charge in [0.05, 0.1) is 23.7 Å². The van der Waals surface area contributed by atoms with E-state index in [4.69, 9.17) is 18.9 Å². The number of ether oxygens (including phenoxy) is 1. The number of carbonyl (C=O) groups excluding carboxylic acids is 1. The molecule has 1 aromatic heterocycles. The second kappa shape index (κ2) is 19.9. The van der Waals surface area contributed by atoms with E-state index in [1.807, 2.05) is 12.3 Å². The van der Waals surface area contributed by atoms with Gasteiger partial charge in [-0.25, -0.2) is 9.78 Å². The number of nitrogens with one attached hydrogen (secondary N) is 2. The largest absolute Gasteiger partial charge is 0.508 e. The number of phenolic OH excluding ortho intramolecular Hbond substituents is 2. The predicted molar refractivity (Wildman–Crippen MR) is 264 cm³/mol. The van der Waals surface area contributed by atoms with Crippen LogP contribution in [0.2, 0.25) is 0 Å². The van der Waals surface area contributed by atoms with Crippen molar-refractivity contribution < 1.29 is 59.5 Å². The molecule has 3 aromatic carbocycles. The van der Waals surface area contributed by atoms with Gasteiger partial charge in [0.15, 0.2) is 16.8 Å². The molecule has 71 heavy (non-hydrogen) atoms. The Morgan fingerprint density at radius 1 is 0.986 bits per heavy atom. The highest BCUT2D eigenvalue weighted by atomic mass is 17.2. The van der Waals surface area contributed by atoms with Gasteiger partial charge in [0.1, 0.15) is 65.2 Å². The topological polar surface area (TPSA) is 256 Å². The summed E-state index contributed by atoms with van der Waals surface area (Å²) >= 11 is 0. The monoisotopic (exact) mass is 978 g/mol. The van der Waals surface area contributed by atoms with E-state index in [0.29, 0.717) is 94.9 Å². The number of allylic oxidation sites excluding steroid dienone is 1. The van der Waals surface area contributed by atoms with Crippen LogP contribution in [0.4, 0.5) is 5.69 Å². The summed E-state index contributed by atoms with van der Waals surface area (Å²) in [5.41, 5.74) is 0.0149. The van der Waals surface area contributed by atoms with Crippen LogP contribution in [0.3, 0.4) is 0 Å². The van der Waals surface area contributed by atoms with Gasteiger partial charge in [0, 0.05) is 79.3 Å². The fourth-order valence-corrected chi connectivity index (χ4v) is 12.5. The molecular weight excluding hydrogens is 913 g/mol. The van der Waals surface area contributed by atoms with Crippen LogP contribution in [0.15, 0.2) is 80.2 Å². The molecule has 9 N–H and O–H groups in total. The zero-order valence-corrected chi connectivity index (χ0v) is 40.3. The molecular formula is C54H66N4O13. The fraction of sp³-hybridized carbons (Fsp3) is 0.537. The van der Waals surface area contributed by atoms with Crippen LogP contribution in [-0.2, 0) is 27.4 Å². The number of anilines is 1. The third-order valence-corrected chi connectivity index (χ3v) is 16.4. The quantitative estimate of drug-likeness (QED) is 0.0548. The number of hydrogen-bond donors (Lipinski definition) is 9. The zero-order chi connectivity index (χ0) is 49.8. The lowest BCUT2D eigenvalue weighted by molar-refractivity contribution is -0.378. The van der Waals surface area contributed by atoms with Crippen LogP contribution in [0.5, 0.6) is 17.2 Å². The summed E-state index contributed by atoms with van der Waals surface area (Å²) < 4.78 is 14.3. The van der Waals surface area contributed by atoms with E-state index in [1.165, 1.54) is 42.8 Å². The lowest BCUT2D eigenvalue weighted by atomic mass is 9.63. The molecule has 4 aliphatic heterocycles. The summed E-state index contributed by atoms with van der Waals surface area (Å²) in [6.07, 6.45) is 7.21. The average molecular weight is 979 g/mol. The molecule has 1 saturated heterocycles. The Morgan fingerprint density at radius 3 is 2.56 bits per heavy atom. The molecule has 1 amide bonds. The molecule has 10 atom stereocenters. The van der Waals surface area contributed by atoms with Crippen LogP contribution in [-0.4, -0.2) is 122 Å². The van der Waals surface area contributed by atoms with Crippen molar-refractivity contribution in [2.45, 2.75) is 139 Å². The van der Waals surface area contributed by atoms with Crippen molar-refractivity contribution >= 4 is 39.6 Å². The van der Waals surface area contributed by atoms with Gasteiger partial charge in [-0.2, -0.15) is 0 Å². The van der Waals surface area contributed by atoms with Gasteiger partial charge in [-0.05, 0) is 105 Å². The van der Waals surface area contributed by atoms with Gasteiger partial charge in [0.2, 0.25) is 5.91 Å². The summed E-state index contributed by atoms with van der Waals surface area (Å²) in [6.45, 7) is 3.25. The molecule has 2 saturated carbocycles. The Morgan fingerprint density at radius 2 is 1.80 bits per heavy atom. The minimum Gasteiger partial charge on any atom is -0.508 e. The molecule has 5 heterocycles. The number of hydrogen-bond acceptors (Lipinski definition) is 16. The van der Waals surface area contributed by atoms with Crippen molar-refractivity contribution in [3.8, 4) is 17.2 Å². The summed E-state index contributed by atoms with van der Waals surface area (Å²) in [5, 5.41) is 85.0. The SMILES string of the molecule is CCC1C2=CC=NC2=CN1c1c2c(cc3c(=O)cc(C)oc13)CC(OOCC(O)(Cc1ccc(O)c3ccc(O)cc13)C(O)C(O)C(O)CO)C1(CC(C3CNC(=O)C3)CCC1CNC1CCCCC1)O2. The number of rotatable bonds is 16. The van der Waals surface area contributed by atoms with E-state index < -0.39 is 55.3 Å². The van der Waals surface area contributed by atoms with E-state index in [-0.39, 0.29) is 53.1 Å². The number of aliphatic hydroxyl groups excluding tert-OH is 4. The molecule has 380 valence electrons. The minimum absolute atomic E-state index is 0.00603. The predicted octanol–water partition coefficient (Wildman–Crippen LogP) is 4.63. The van der Waals surface area contributed by atoms with Gasteiger partial charge >= 0.3 is 0 Å². The summed E-state index contributed by atoms with van der Waals surface area (Å²) in [5.74, 6) is 0.604. The Labute approximate surface area is 411 Å². The number of phenols is 2. The van der Waals surface area contributed by atoms with Crippen LogP contribution in [0.25, 0.3) is 21.7 Å². The first kappa shape index (κ1) is 49.2. The molecule has 3 fully saturated rings. The fourth-order valence-electron chi connectivity index (χ4n) is 12.5. The number of fused-ring (bicyclic) bond motifs is 4. The second-order valence-electron chi connectivity index (χ2n) is 20.9. The first-order valence-electron chi connectivity index (χ1n) is 25.3. The maximum Gasteiger partial charge on any atom is 0.220 e. The first-order valence-corrected chi connectivity index (χ1v) is 25.3. The van der Waals surface area contributed by atoms with Crippen molar-refractivity contribution in [3.05, 3.63) is 93.1 Å². The van der Waals surface area contributed by atoms with Crippen molar-refractivity contribution in [2.24, 2.45) is 22.7 Å². The van der Waals surface area contributed by atoms with E-state index >= 15 is 0 Å². The summed E-state index contributed by atoms with van der Waals surface area (Å²) in [4.78, 5) is 46.5. The average Bonchev–Trinajstić information content (AvgIpc) is 4.10. The number of nitrogens with zero attached hydrogens (tertiary/aromatic N) is 2. The highest BCUT2D eigenvalue weighted by Crippen LogP contribution is 2.55. The van der Waals surface area contributed by atoms with Gasteiger partial charge in [0.25, 0.3) is 0 Å². The molecule has 6 aliphatic rings. The molecule has 1 spiro atoms. The lowest BCUT2D eigenvalue weighted by Gasteiger charge is -2.54. The lowest BCUT2D eigenvalue weighted by Crippen LogP contribution is -2.63. The van der Waals surface area contributed by atoms with Gasteiger partial charge in [-0.15, -0.1) is 0 Å². The molecule has 0 bridgehead atoms. The van der Waals surface area contributed by atoms with Gasteiger partial charge in [-0.3, -0.25) is 14.6 Å². The van der Waals surface area contributed by atoms with Crippen LogP contribution < -0.4 is 25.7 Å². The van der Waals surface area contributed by atoms with Crippen molar-refractivity contribution in [3.63, 3.8) is 0 Å². The number of benzene rings is 3. The minimum atomic E-state index is -2.42. The van der Waals surface area contributed by atoms with E-state index in [2.05, 4.69) is 27.4 Å². The molecule has 0 radical (unpaired) electrons. The number of aliphatic imine (C=N–C) groups is 1. The molecule has 10 rings (SSSR count). The normalized spacial score (nSPS) is 27.5. The third-order valence-electron chi connectivity index (χ3n) is 16.4. The van der Waals surface area contributed by atoms with Gasteiger partial charge < -0.3 is 60.4 Å². The van der Waals surface area contributed by atoms with Crippen LogP contribution in [0.1, 0.15) is 88.0 Å². The van der Waals surface area contributed by atoms with E-state index in [0.717, 1.165) is 43.4 Å². The summed E-state index contributed by atoms with van der Waals surface area (Å²) in [7, 11) is 0. The number of amides is 1. The van der Waals surface area contributed by atoms with E-state index in [1.54, 1.807) is 19.2 Å². The highest BCUT2D eigenvalue weighted by Gasteiger charge is 2.58. The smallest absolute Gasteiger partial charge is 0.220 e. The third kappa shape index (κ3) is 9.24. The molecule has 10 unspecified atom stereocenters. The Hall–Kier alpha value is -5.37. The molecule has 17 heteroatoms. The van der Waals surface area contributed by atoms with Crippen molar-refractivity contribution in [1.82, 2.24) is 10.6 Å². The second-order valence-corrected chi connectivity index (χ2v) is 20.9. The van der Waals surface area contributed by atoms with Crippen molar-refractivity contribution in [2.75, 3.05) is 31.2 Å². The highest BCUT2D eigenvalue weighted by molar-refractivity contribution is 5.97. The van der Waals surface area contributed by atoms with Gasteiger partial charge in [-0.1, -0.05) is 32.3 Å². The van der Waals surface area contributed by atoms with Crippen LogP contribution >= 0.6 is 0 Å². The zero-order valence-electron chi connectivity index (χ0n) is 40.3. The number of aryl methyl sites for hydroxylation is 1. The first-order chi connectivity index (χ1) is 34.2. The van der Waals surface area contributed by atoms with E-state index in [9.17, 15) is 45.3 Å². The maximum atomic E-state index is 14.0. The Bertz CT molecular complexity index is 2820. The number of aromatic hydroxyl groups is 2. The van der Waals surface area contributed by atoms with Crippen molar-refractivity contribution in [1.29, 1.82) is 0 Å². The van der Waals surface area contributed by atoms with Crippen LogP contribution in [0, 0.1) is 24.7 Å². The molecule has 17 nitrogen and oxygen atoms in total. The molecule has 4 aromatic rings. The Balaban J connectivity index is 1.09. The molecule has 2 aliphatic carbocycles. The standard InChI is InChI=1S/C54H66N4O13/c1-3-42-38-15-16-55-41(38)26-58(42)48-50-32(18-40-44(62)17-29(2)69-51(40)48)19-46(54(70-50)23-30(33-20-47(64)57-24-33)9-11-34(54)25-56-35-7-5-4-6-8-35)71-68-28-53(67,52(66)49(65)45(63)27-59)22-31-10-14-43(61)37-13-12-36(60)21-39(31)37/h10,12-18,21,26,30,33-35,42,45-46,49,52,56,59-61,63,65-67H,3-9,11,19-20,22-25,27-28H2,1-2H3,(H,57,64). The summed E-state index contributed by atoms with van der Waals surface area (Å²) in [6, 6.07) is 10.6. The maximum absolute atomic E-state index is 14.0. The number of aliphatic hydroxyl groups is 5.